The number of carbonyl (C=O) groups excluding carboxylic acids is 1. The second kappa shape index (κ2) is 8.02. The molecule has 7 nitrogen and oxygen atoms in total. The number of benzene rings is 2. The number of esters is 1. The van der Waals surface area contributed by atoms with Gasteiger partial charge < -0.3 is 15.8 Å². The second-order valence-electron chi connectivity index (χ2n) is 5.39. The number of rotatable bonds is 6. The van der Waals surface area contributed by atoms with Crippen molar-refractivity contribution in [3.8, 4) is 0 Å². The third-order valence-corrected chi connectivity index (χ3v) is 3.35. The van der Waals surface area contributed by atoms with Crippen LogP contribution < -0.4 is 11.1 Å². The molecule has 26 heavy (non-hydrogen) atoms. The van der Waals surface area contributed by atoms with Crippen LogP contribution in [0.4, 0.5) is 22.0 Å². The standard InChI is InChI=1S/C18H16FN5O2/c19-13-8-6-12(7-9-13)10-16(25)26-11-15-22-17(20)24-18(23-15)21-14-4-2-1-3-5-14/h1-9H,10-11H2,(H3,20,21,22,23,24). The molecule has 0 saturated carbocycles. The van der Waals surface area contributed by atoms with E-state index in [4.69, 9.17) is 10.5 Å². The number of nitrogens with one attached hydrogen (secondary N) is 1. The van der Waals surface area contributed by atoms with E-state index >= 15 is 0 Å². The minimum absolute atomic E-state index is 0.0167. The lowest BCUT2D eigenvalue weighted by molar-refractivity contribution is -0.144. The van der Waals surface area contributed by atoms with Crippen molar-refractivity contribution in [2.75, 3.05) is 11.1 Å². The van der Waals surface area contributed by atoms with E-state index in [9.17, 15) is 9.18 Å². The topological polar surface area (TPSA) is 103 Å². The fourth-order valence-corrected chi connectivity index (χ4v) is 2.17. The van der Waals surface area contributed by atoms with Gasteiger partial charge in [0.1, 0.15) is 5.82 Å². The molecule has 0 spiro atoms. The number of halogens is 1. The van der Waals surface area contributed by atoms with Crippen molar-refractivity contribution in [2.24, 2.45) is 0 Å². The van der Waals surface area contributed by atoms with Gasteiger partial charge in [0.2, 0.25) is 11.9 Å². The molecule has 0 atom stereocenters. The molecule has 3 rings (SSSR count). The number of anilines is 3. The van der Waals surface area contributed by atoms with Crippen molar-refractivity contribution < 1.29 is 13.9 Å². The highest BCUT2D eigenvalue weighted by Gasteiger charge is 2.09. The summed E-state index contributed by atoms with van der Waals surface area (Å²) in [5, 5.41) is 3.00. The van der Waals surface area contributed by atoms with E-state index in [2.05, 4.69) is 20.3 Å². The van der Waals surface area contributed by atoms with Gasteiger partial charge in [0.25, 0.3) is 0 Å². The van der Waals surface area contributed by atoms with Gasteiger partial charge >= 0.3 is 5.97 Å². The van der Waals surface area contributed by atoms with Crippen LogP contribution in [0.3, 0.4) is 0 Å². The predicted molar refractivity (Wildman–Crippen MR) is 93.9 cm³/mol. The molecule has 2 aromatic carbocycles. The molecule has 1 heterocycles. The summed E-state index contributed by atoms with van der Waals surface area (Å²) in [4.78, 5) is 24.0. The maximum Gasteiger partial charge on any atom is 0.310 e. The Bertz CT molecular complexity index is 888. The van der Waals surface area contributed by atoms with Crippen molar-refractivity contribution >= 4 is 23.6 Å². The Morgan fingerprint density at radius 1 is 1.04 bits per heavy atom. The van der Waals surface area contributed by atoms with Gasteiger partial charge in [0, 0.05) is 5.69 Å². The summed E-state index contributed by atoms with van der Waals surface area (Å²) in [5.41, 5.74) is 7.12. The largest absolute Gasteiger partial charge is 0.457 e. The number of aromatic nitrogens is 3. The summed E-state index contributed by atoms with van der Waals surface area (Å²) in [5.74, 6) is -0.339. The van der Waals surface area contributed by atoms with Gasteiger partial charge in [-0.05, 0) is 29.8 Å². The highest BCUT2D eigenvalue weighted by atomic mass is 19.1. The first-order chi connectivity index (χ1) is 12.6. The maximum atomic E-state index is 12.9. The molecule has 1 aromatic heterocycles. The van der Waals surface area contributed by atoms with E-state index in [1.807, 2.05) is 30.3 Å². The predicted octanol–water partition coefficient (Wildman–Crippen LogP) is 2.62. The third kappa shape index (κ3) is 4.97. The lowest BCUT2D eigenvalue weighted by Gasteiger charge is -2.08. The average molecular weight is 353 g/mol. The first-order valence-corrected chi connectivity index (χ1v) is 7.81. The number of para-hydroxylation sites is 1. The average Bonchev–Trinajstić information content (AvgIpc) is 2.62. The molecule has 3 aromatic rings. The third-order valence-electron chi connectivity index (χ3n) is 3.35. The van der Waals surface area contributed by atoms with Gasteiger partial charge in [-0.3, -0.25) is 4.79 Å². The molecule has 3 N–H and O–H groups in total. The molecule has 0 fully saturated rings. The van der Waals surface area contributed by atoms with Crippen LogP contribution in [0.5, 0.6) is 0 Å². The normalized spacial score (nSPS) is 10.3. The van der Waals surface area contributed by atoms with Gasteiger partial charge in [-0.1, -0.05) is 30.3 Å². The second-order valence-corrected chi connectivity index (χ2v) is 5.39. The molecular formula is C18H16FN5O2. The molecule has 0 aliphatic heterocycles. The Morgan fingerprint density at radius 3 is 2.50 bits per heavy atom. The molecule has 0 radical (unpaired) electrons. The number of nitrogen functional groups attached to an aromatic ring is 1. The van der Waals surface area contributed by atoms with E-state index in [0.29, 0.717) is 5.56 Å². The number of nitrogens with two attached hydrogens (primary N) is 1. The Labute approximate surface area is 149 Å². The summed E-state index contributed by atoms with van der Waals surface area (Å²) in [6.45, 7) is -0.143. The van der Waals surface area contributed by atoms with Crippen LogP contribution in [-0.2, 0) is 22.6 Å². The summed E-state index contributed by atoms with van der Waals surface area (Å²) >= 11 is 0. The van der Waals surface area contributed by atoms with Gasteiger partial charge in [-0.2, -0.15) is 15.0 Å². The summed E-state index contributed by atoms with van der Waals surface area (Å²) < 4.78 is 18.0. The number of carbonyl (C=O) groups is 1. The lowest BCUT2D eigenvalue weighted by Crippen LogP contribution is -2.12. The van der Waals surface area contributed by atoms with E-state index in [1.165, 1.54) is 24.3 Å². The molecule has 0 saturated heterocycles. The van der Waals surface area contributed by atoms with Gasteiger partial charge in [-0.15, -0.1) is 0 Å². The van der Waals surface area contributed by atoms with Crippen LogP contribution in [-0.4, -0.2) is 20.9 Å². The summed E-state index contributed by atoms with van der Waals surface area (Å²) in [6.07, 6.45) is 0.0238. The number of hydrogen-bond donors (Lipinski definition) is 2. The molecule has 0 bridgehead atoms. The Hall–Kier alpha value is -3.55. The number of nitrogens with zero attached hydrogens (tertiary/aromatic N) is 3. The van der Waals surface area contributed by atoms with E-state index in [0.717, 1.165) is 5.69 Å². The molecule has 132 valence electrons. The van der Waals surface area contributed by atoms with Crippen LogP contribution in [0.1, 0.15) is 11.4 Å². The van der Waals surface area contributed by atoms with Gasteiger partial charge in [0.05, 0.1) is 6.42 Å². The molecule has 0 aliphatic carbocycles. The SMILES string of the molecule is Nc1nc(COC(=O)Cc2ccc(F)cc2)nc(Nc2ccccc2)n1. The zero-order valence-electron chi connectivity index (χ0n) is 13.7. The Balaban J connectivity index is 1.60. The van der Waals surface area contributed by atoms with Gasteiger partial charge in [-0.25, -0.2) is 4.39 Å². The molecular weight excluding hydrogens is 337 g/mol. The van der Waals surface area contributed by atoms with Crippen LogP contribution >= 0.6 is 0 Å². The number of hydrogen-bond acceptors (Lipinski definition) is 7. The highest BCUT2D eigenvalue weighted by molar-refractivity contribution is 5.72. The zero-order valence-corrected chi connectivity index (χ0v) is 13.7. The van der Waals surface area contributed by atoms with Crippen LogP contribution in [0.2, 0.25) is 0 Å². The first-order valence-electron chi connectivity index (χ1n) is 7.81. The van der Waals surface area contributed by atoms with Crippen LogP contribution in [0.15, 0.2) is 54.6 Å². The Kier molecular flexibility index (Phi) is 5.33. The quantitative estimate of drug-likeness (QED) is 0.657. The van der Waals surface area contributed by atoms with Crippen molar-refractivity contribution in [3.63, 3.8) is 0 Å². The van der Waals surface area contributed by atoms with E-state index < -0.39 is 5.97 Å². The molecule has 0 aliphatic rings. The van der Waals surface area contributed by atoms with Crippen molar-refractivity contribution in [1.29, 1.82) is 0 Å². The summed E-state index contributed by atoms with van der Waals surface area (Å²) in [7, 11) is 0. The first kappa shape index (κ1) is 17.3. The van der Waals surface area contributed by atoms with E-state index in [-0.39, 0.29) is 36.6 Å². The minimum atomic E-state index is -0.479. The monoisotopic (exact) mass is 353 g/mol. The molecule has 0 amide bonds. The van der Waals surface area contributed by atoms with Gasteiger partial charge in [0.15, 0.2) is 12.4 Å². The van der Waals surface area contributed by atoms with Crippen molar-refractivity contribution in [1.82, 2.24) is 15.0 Å². The van der Waals surface area contributed by atoms with Crippen LogP contribution in [0.25, 0.3) is 0 Å². The maximum absolute atomic E-state index is 12.9. The fourth-order valence-electron chi connectivity index (χ4n) is 2.17. The van der Waals surface area contributed by atoms with Crippen molar-refractivity contribution in [2.45, 2.75) is 13.0 Å². The molecule has 8 heteroatoms. The molecule has 0 unspecified atom stereocenters. The zero-order chi connectivity index (χ0) is 18.4. The minimum Gasteiger partial charge on any atom is -0.457 e. The van der Waals surface area contributed by atoms with E-state index in [1.54, 1.807) is 0 Å². The lowest BCUT2D eigenvalue weighted by atomic mass is 10.1. The summed E-state index contributed by atoms with van der Waals surface area (Å²) in [6, 6.07) is 15.0. The highest BCUT2D eigenvalue weighted by Crippen LogP contribution is 2.13. The Morgan fingerprint density at radius 2 is 1.77 bits per heavy atom. The number of ether oxygens (including phenoxy) is 1. The smallest absolute Gasteiger partial charge is 0.310 e. The van der Waals surface area contributed by atoms with Crippen molar-refractivity contribution in [3.05, 3.63) is 71.8 Å². The van der Waals surface area contributed by atoms with Crippen LogP contribution in [0, 0.1) is 5.82 Å². The fraction of sp³-hybridized carbons (Fsp3) is 0.111.